The highest BCUT2D eigenvalue weighted by molar-refractivity contribution is 7.26. The third-order valence-electron chi connectivity index (χ3n) is 7.05. The van der Waals surface area contributed by atoms with Gasteiger partial charge in [0, 0.05) is 42.9 Å². The lowest BCUT2D eigenvalue weighted by molar-refractivity contribution is 0.560. The summed E-state index contributed by atoms with van der Waals surface area (Å²) in [6.07, 6.45) is 2.99. The van der Waals surface area contributed by atoms with Crippen molar-refractivity contribution in [2.75, 3.05) is 0 Å². The lowest BCUT2D eigenvalue weighted by Gasteiger charge is -2.23. The summed E-state index contributed by atoms with van der Waals surface area (Å²) in [6, 6.07) is 20.1. The second-order valence-corrected chi connectivity index (χ2v) is 12.3. The molecule has 0 saturated heterocycles. The van der Waals surface area contributed by atoms with Gasteiger partial charge in [-0.3, -0.25) is 4.98 Å². The minimum absolute atomic E-state index is 0.0326. The number of furan rings is 1. The molecule has 0 radical (unpaired) electrons. The second kappa shape index (κ2) is 7.93. The fourth-order valence-electron chi connectivity index (χ4n) is 5.43. The van der Waals surface area contributed by atoms with Crippen LogP contribution in [0, 0.1) is 12.8 Å². The molecule has 0 unspecified atom stereocenters. The summed E-state index contributed by atoms with van der Waals surface area (Å²) in [5.74, 6) is 1.63. The van der Waals surface area contributed by atoms with Crippen LogP contribution in [0.15, 0.2) is 65.2 Å². The largest absolute Gasteiger partial charge is 0.461 e. The van der Waals surface area contributed by atoms with Crippen molar-refractivity contribution in [3.8, 4) is 11.3 Å². The number of thiophene rings is 1. The van der Waals surface area contributed by atoms with Crippen molar-refractivity contribution < 1.29 is 4.42 Å². The van der Waals surface area contributed by atoms with Crippen molar-refractivity contribution >= 4 is 53.3 Å². The van der Waals surface area contributed by atoms with Gasteiger partial charge >= 0.3 is 0 Å². The molecule has 3 aromatic heterocycles. The summed E-state index contributed by atoms with van der Waals surface area (Å²) in [5.41, 5.74) is 5.94. The average Bonchev–Trinajstić information content (AvgIpc) is 3.32. The van der Waals surface area contributed by atoms with Crippen LogP contribution in [0.2, 0.25) is 0 Å². The van der Waals surface area contributed by atoms with E-state index in [1.165, 1.54) is 53.0 Å². The molecule has 0 spiro atoms. The maximum Gasteiger partial charge on any atom is 0.135 e. The molecule has 3 heteroatoms. The van der Waals surface area contributed by atoms with E-state index in [1.54, 1.807) is 0 Å². The van der Waals surface area contributed by atoms with Gasteiger partial charge in [0.25, 0.3) is 0 Å². The highest BCUT2D eigenvalue weighted by Crippen LogP contribution is 2.43. The number of rotatable bonds is 3. The van der Waals surface area contributed by atoms with Crippen LogP contribution < -0.4 is 0 Å². The predicted octanol–water partition coefficient (Wildman–Crippen LogP) is 9.82. The summed E-state index contributed by atoms with van der Waals surface area (Å²) in [5, 5.41) is 6.29. The number of pyridine rings is 1. The van der Waals surface area contributed by atoms with E-state index in [-0.39, 0.29) is 5.41 Å². The number of hydrogen-bond acceptors (Lipinski definition) is 3. The molecule has 6 aromatic rings. The van der Waals surface area contributed by atoms with Crippen molar-refractivity contribution in [1.29, 1.82) is 0 Å². The Labute approximate surface area is 210 Å². The van der Waals surface area contributed by atoms with E-state index >= 15 is 0 Å². The average molecular weight is 478 g/mol. The molecule has 3 aromatic carbocycles. The molecule has 6 rings (SSSR count). The van der Waals surface area contributed by atoms with E-state index in [2.05, 4.69) is 96.1 Å². The Hall–Kier alpha value is -3.17. The Kier molecular flexibility index (Phi) is 5.05. The first-order valence-electron chi connectivity index (χ1n) is 12.5. The van der Waals surface area contributed by atoms with Crippen molar-refractivity contribution in [1.82, 2.24) is 4.98 Å². The van der Waals surface area contributed by atoms with Crippen molar-refractivity contribution in [2.24, 2.45) is 5.92 Å². The molecule has 0 aliphatic heterocycles. The monoisotopic (exact) mass is 477 g/mol. The maximum atomic E-state index is 6.28. The highest BCUT2D eigenvalue weighted by atomic mass is 32.1. The van der Waals surface area contributed by atoms with E-state index in [0.29, 0.717) is 5.92 Å². The standard InChI is InChI=1S/C32H31NOS/c1-18(2)13-23-19(3)34-27-16-25-29(17-24(23)27)35-28-11-12-33-31(30(25)28)21-14-20-9-7-8-10-22(20)26(15-21)32(4,5)6/h7-12,14-18H,13H2,1-6H3. The molecule has 0 atom stereocenters. The summed E-state index contributed by atoms with van der Waals surface area (Å²) in [7, 11) is 0. The molecule has 0 fully saturated rings. The first-order valence-corrected chi connectivity index (χ1v) is 13.3. The van der Waals surface area contributed by atoms with E-state index in [9.17, 15) is 0 Å². The first-order chi connectivity index (χ1) is 16.7. The molecular weight excluding hydrogens is 446 g/mol. The first kappa shape index (κ1) is 22.3. The summed E-state index contributed by atoms with van der Waals surface area (Å²) >= 11 is 1.85. The van der Waals surface area contributed by atoms with Gasteiger partial charge in [-0.15, -0.1) is 11.3 Å². The minimum atomic E-state index is 0.0326. The fourth-order valence-corrected chi connectivity index (χ4v) is 6.55. The number of hydrogen-bond donors (Lipinski definition) is 0. The third-order valence-corrected chi connectivity index (χ3v) is 8.17. The molecule has 0 aliphatic rings. The maximum absolute atomic E-state index is 6.28. The van der Waals surface area contributed by atoms with Gasteiger partial charge in [-0.1, -0.05) is 58.9 Å². The number of benzene rings is 3. The van der Waals surface area contributed by atoms with E-state index in [1.807, 2.05) is 17.5 Å². The Morgan fingerprint density at radius 3 is 2.49 bits per heavy atom. The number of nitrogens with zero attached hydrogens (tertiary/aromatic N) is 1. The Balaban J connectivity index is 1.65. The van der Waals surface area contributed by atoms with Gasteiger partial charge in [-0.05, 0) is 71.3 Å². The van der Waals surface area contributed by atoms with Gasteiger partial charge in [0.05, 0.1) is 5.69 Å². The van der Waals surface area contributed by atoms with Gasteiger partial charge in [0.2, 0.25) is 0 Å². The molecule has 0 amide bonds. The van der Waals surface area contributed by atoms with E-state index in [4.69, 9.17) is 9.40 Å². The van der Waals surface area contributed by atoms with Crippen LogP contribution in [0.4, 0.5) is 0 Å². The molecule has 0 saturated carbocycles. The van der Waals surface area contributed by atoms with E-state index < -0.39 is 0 Å². The molecule has 0 aliphatic carbocycles. The smallest absolute Gasteiger partial charge is 0.135 e. The van der Waals surface area contributed by atoms with Gasteiger partial charge in [0.1, 0.15) is 11.3 Å². The Morgan fingerprint density at radius 1 is 0.914 bits per heavy atom. The van der Waals surface area contributed by atoms with Crippen LogP contribution in [0.25, 0.3) is 53.2 Å². The van der Waals surface area contributed by atoms with Crippen LogP contribution in [0.5, 0.6) is 0 Å². The molecule has 0 N–H and O–H groups in total. The zero-order valence-electron chi connectivity index (χ0n) is 21.3. The van der Waals surface area contributed by atoms with Gasteiger partial charge in [0.15, 0.2) is 0 Å². The van der Waals surface area contributed by atoms with Crippen molar-refractivity contribution in [3.05, 3.63) is 77.7 Å². The number of aromatic nitrogens is 1. The topological polar surface area (TPSA) is 26.0 Å². The van der Waals surface area contributed by atoms with Gasteiger partial charge < -0.3 is 4.42 Å². The summed E-state index contributed by atoms with van der Waals surface area (Å²) in [6.45, 7) is 13.5. The number of aryl methyl sites for hydroxylation is 1. The summed E-state index contributed by atoms with van der Waals surface area (Å²) in [4.78, 5) is 4.95. The lowest BCUT2D eigenvalue weighted by Crippen LogP contribution is -2.12. The van der Waals surface area contributed by atoms with Crippen LogP contribution in [-0.4, -0.2) is 4.98 Å². The fraction of sp³-hybridized carbons (Fsp3) is 0.281. The molecule has 0 bridgehead atoms. The number of fused-ring (bicyclic) bond motifs is 5. The normalized spacial score (nSPS) is 12.7. The van der Waals surface area contributed by atoms with Crippen LogP contribution in [-0.2, 0) is 11.8 Å². The van der Waals surface area contributed by atoms with Crippen molar-refractivity contribution in [2.45, 2.75) is 53.4 Å². The molecule has 2 nitrogen and oxygen atoms in total. The molecule has 3 heterocycles. The van der Waals surface area contributed by atoms with Gasteiger partial charge in [-0.25, -0.2) is 0 Å². The second-order valence-electron chi connectivity index (χ2n) is 11.2. The molecule has 176 valence electrons. The molecular formula is C32H31NOS. The summed E-state index contributed by atoms with van der Waals surface area (Å²) < 4.78 is 8.84. The highest BCUT2D eigenvalue weighted by Gasteiger charge is 2.21. The zero-order chi connectivity index (χ0) is 24.5. The van der Waals surface area contributed by atoms with Crippen LogP contribution in [0.1, 0.15) is 51.5 Å². The Morgan fingerprint density at radius 2 is 1.71 bits per heavy atom. The van der Waals surface area contributed by atoms with E-state index in [0.717, 1.165) is 23.5 Å². The van der Waals surface area contributed by atoms with Gasteiger partial charge in [-0.2, -0.15) is 0 Å². The Bertz CT molecular complexity index is 1740. The molecule has 35 heavy (non-hydrogen) atoms. The van der Waals surface area contributed by atoms with Crippen LogP contribution >= 0.6 is 11.3 Å². The predicted molar refractivity (Wildman–Crippen MR) is 152 cm³/mol. The SMILES string of the molecule is Cc1oc2cc3c(cc2c1CC(C)C)sc1ccnc(-c2cc(C(C)(C)C)c4ccccc4c2)c13. The third kappa shape index (κ3) is 3.65. The minimum Gasteiger partial charge on any atom is -0.461 e. The van der Waals surface area contributed by atoms with Crippen LogP contribution in [0.3, 0.4) is 0 Å². The lowest BCUT2D eigenvalue weighted by atomic mass is 9.82. The quantitative estimate of drug-likeness (QED) is 0.253. The zero-order valence-corrected chi connectivity index (χ0v) is 22.1. The van der Waals surface area contributed by atoms with Crippen molar-refractivity contribution in [3.63, 3.8) is 0 Å².